The van der Waals surface area contributed by atoms with Crippen molar-refractivity contribution >= 4 is 21.7 Å². The second-order valence-corrected chi connectivity index (χ2v) is 3.52. The van der Waals surface area contributed by atoms with Crippen LogP contribution in [0.1, 0.15) is 6.92 Å². The number of halogens is 1. The van der Waals surface area contributed by atoms with E-state index in [-0.39, 0.29) is 18.0 Å². The molecule has 0 aromatic carbocycles. The van der Waals surface area contributed by atoms with E-state index in [1.54, 1.807) is 0 Å². The molecule has 2 nitrogen and oxygen atoms in total. The van der Waals surface area contributed by atoms with Crippen LogP contribution < -0.4 is 0 Å². The first-order valence-electron chi connectivity index (χ1n) is 3.44. The van der Waals surface area contributed by atoms with Gasteiger partial charge in [0.05, 0.1) is 10.6 Å². The molecule has 3 heteroatoms. The number of hydrogen-bond donors (Lipinski definition) is 0. The molecule has 2 unspecified atom stereocenters. The molecule has 2 bridgehead atoms. The van der Waals surface area contributed by atoms with Crippen molar-refractivity contribution < 1.29 is 9.53 Å². The van der Waals surface area contributed by atoms with Gasteiger partial charge in [-0.2, -0.15) is 0 Å². The number of carbonyl (C=O) groups is 1. The maximum absolute atomic E-state index is 11.3. The lowest BCUT2D eigenvalue weighted by atomic mass is 10.1. The minimum Gasteiger partial charge on any atom is -0.354 e. The van der Waals surface area contributed by atoms with Crippen molar-refractivity contribution in [1.29, 1.82) is 0 Å². The monoisotopic (exact) mass is 214 g/mol. The zero-order valence-corrected chi connectivity index (χ0v) is 7.59. The highest BCUT2D eigenvalue weighted by Gasteiger charge is 2.34. The number of rotatable bonds is 0. The normalized spacial score (nSPS) is 35.3. The number of hydrogen-bond acceptors (Lipinski definition) is 2. The first-order chi connectivity index (χ1) is 5.20. The van der Waals surface area contributed by atoms with Crippen LogP contribution in [0.4, 0.5) is 0 Å². The van der Waals surface area contributed by atoms with Gasteiger partial charge < -0.3 is 4.74 Å². The lowest BCUT2D eigenvalue weighted by Gasteiger charge is -2.20. The lowest BCUT2D eigenvalue weighted by molar-refractivity contribution is -0.124. The van der Waals surface area contributed by atoms with Gasteiger partial charge in [0.25, 0.3) is 0 Å². The van der Waals surface area contributed by atoms with Gasteiger partial charge in [-0.3, -0.25) is 4.79 Å². The topological polar surface area (TPSA) is 26.3 Å². The van der Waals surface area contributed by atoms with E-state index in [4.69, 9.17) is 4.74 Å². The predicted octanol–water partition coefficient (Wildman–Crippen LogP) is 1.56. The molecular weight excluding hydrogens is 208 g/mol. The number of ketones is 1. The number of Topliss-reactive ketones (excluding diaryl/α,β-unsaturated/α-hetero) is 1. The van der Waals surface area contributed by atoms with Crippen LogP contribution >= 0.6 is 15.9 Å². The maximum atomic E-state index is 11.3. The maximum Gasteiger partial charge on any atom is 0.202 e. The fourth-order valence-electron chi connectivity index (χ4n) is 1.29. The van der Waals surface area contributed by atoms with Gasteiger partial charge in [0.15, 0.2) is 0 Å². The Morgan fingerprint density at radius 1 is 1.45 bits per heavy atom. The minimum absolute atomic E-state index is 0.0204. The van der Waals surface area contributed by atoms with Gasteiger partial charge in [-0.1, -0.05) is 6.08 Å². The van der Waals surface area contributed by atoms with E-state index < -0.39 is 0 Å². The second-order valence-electron chi connectivity index (χ2n) is 2.72. The molecule has 0 aliphatic carbocycles. The Bertz CT molecular complexity index is 278. The quantitative estimate of drug-likeness (QED) is 0.573. The average molecular weight is 215 g/mol. The van der Waals surface area contributed by atoms with Crippen molar-refractivity contribution in [3.8, 4) is 0 Å². The SMILES string of the molecule is CC1=C(Br)C(=O)C2C=CC1O2. The van der Waals surface area contributed by atoms with Gasteiger partial charge in [0, 0.05) is 0 Å². The third-order valence-corrected chi connectivity index (χ3v) is 3.02. The van der Waals surface area contributed by atoms with Crippen molar-refractivity contribution in [3.05, 3.63) is 22.2 Å². The van der Waals surface area contributed by atoms with Crippen LogP contribution in [0.25, 0.3) is 0 Å². The van der Waals surface area contributed by atoms with Crippen LogP contribution in [-0.4, -0.2) is 18.0 Å². The molecule has 0 fully saturated rings. The van der Waals surface area contributed by atoms with E-state index in [2.05, 4.69) is 15.9 Å². The van der Waals surface area contributed by atoms with E-state index in [0.717, 1.165) is 5.57 Å². The number of ether oxygens (including phenoxy) is 1. The Morgan fingerprint density at radius 3 is 2.82 bits per heavy atom. The highest BCUT2D eigenvalue weighted by atomic mass is 79.9. The fraction of sp³-hybridized carbons (Fsp3) is 0.375. The summed E-state index contributed by atoms with van der Waals surface area (Å²) in [5.74, 6) is 0.0347. The van der Waals surface area contributed by atoms with Crippen molar-refractivity contribution in [3.63, 3.8) is 0 Å². The van der Waals surface area contributed by atoms with E-state index in [1.165, 1.54) is 0 Å². The van der Waals surface area contributed by atoms with Crippen molar-refractivity contribution in [2.24, 2.45) is 0 Å². The Kier molecular flexibility index (Phi) is 1.51. The molecule has 2 rings (SSSR count). The summed E-state index contributed by atoms with van der Waals surface area (Å²) in [5.41, 5.74) is 0.972. The molecule has 2 aliphatic heterocycles. The molecule has 2 atom stereocenters. The lowest BCUT2D eigenvalue weighted by Crippen LogP contribution is -2.28. The second kappa shape index (κ2) is 2.29. The van der Waals surface area contributed by atoms with Gasteiger partial charge in [0.1, 0.15) is 6.10 Å². The van der Waals surface area contributed by atoms with Gasteiger partial charge in [-0.05, 0) is 34.5 Å². The molecule has 0 N–H and O–H groups in total. The molecule has 58 valence electrons. The molecule has 0 aromatic heterocycles. The summed E-state index contributed by atoms with van der Waals surface area (Å²) >= 11 is 3.25. The summed E-state index contributed by atoms with van der Waals surface area (Å²) in [7, 11) is 0. The van der Waals surface area contributed by atoms with Crippen molar-refractivity contribution in [2.45, 2.75) is 19.1 Å². The van der Waals surface area contributed by atoms with Gasteiger partial charge >= 0.3 is 0 Å². The third kappa shape index (κ3) is 0.914. The molecule has 0 aromatic rings. The first-order valence-corrected chi connectivity index (χ1v) is 4.23. The molecule has 0 amide bonds. The predicted molar refractivity (Wildman–Crippen MR) is 44.4 cm³/mol. The summed E-state index contributed by atoms with van der Waals surface area (Å²) in [4.78, 5) is 11.3. The van der Waals surface area contributed by atoms with Crippen LogP contribution in [0, 0.1) is 0 Å². The van der Waals surface area contributed by atoms with Crippen LogP contribution in [0.5, 0.6) is 0 Å². The van der Waals surface area contributed by atoms with Crippen molar-refractivity contribution in [1.82, 2.24) is 0 Å². The zero-order chi connectivity index (χ0) is 8.01. The van der Waals surface area contributed by atoms with Gasteiger partial charge in [0.2, 0.25) is 5.78 Å². The van der Waals surface area contributed by atoms with Crippen molar-refractivity contribution in [2.75, 3.05) is 0 Å². The minimum atomic E-state index is -0.335. The van der Waals surface area contributed by atoms with E-state index in [1.807, 2.05) is 19.1 Å². The summed E-state index contributed by atoms with van der Waals surface area (Å²) in [5, 5.41) is 0. The summed E-state index contributed by atoms with van der Waals surface area (Å²) < 4.78 is 6.03. The van der Waals surface area contributed by atoms with Gasteiger partial charge in [-0.25, -0.2) is 0 Å². The first kappa shape index (κ1) is 7.25. The summed E-state index contributed by atoms with van der Waals surface area (Å²) in [6, 6.07) is 0. The molecule has 0 spiro atoms. The fourth-order valence-corrected chi connectivity index (χ4v) is 1.74. The zero-order valence-electron chi connectivity index (χ0n) is 6.00. The number of carbonyl (C=O) groups excluding carboxylic acids is 1. The van der Waals surface area contributed by atoms with Crippen LogP contribution in [0.15, 0.2) is 22.2 Å². The van der Waals surface area contributed by atoms with Crippen LogP contribution in [0.2, 0.25) is 0 Å². The Hall–Kier alpha value is -0.410. The molecule has 0 saturated carbocycles. The third-order valence-electron chi connectivity index (χ3n) is 2.00. The molecule has 11 heavy (non-hydrogen) atoms. The molecule has 2 heterocycles. The Balaban J connectivity index is 2.49. The molecule has 0 radical (unpaired) electrons. The largest absolute Gasteiger partial charge is 0.354 e. The molecule has 2 aliphatic rings. The molecule has 0 saturated heterocycles. The smallest absolute Gasteiger partial charge is 0.202 e. The highest BCUT2D eigenvalue weighted by Crippen LogP contribution is 2.31. The standard InChI is InChI=1S/C8H7BrO2/c1-4-5-2-3-6(11-5)8(10)7(4)9/h2-3,5-6H,1H3. The Labute approximate surface area is 73.0 Å². The van der Waals surface area contributed by atoms with Gasteiger partial charge in [-0.15, -0.1) is 0 Å². The highest BCUT2D eigenvalue weighted by molar-refractivity contribution is 9.12. The van der Waals surface area contributed by atoms with E-state index in [0.29, 0.717) is 4.48 Å². The van der Waals surface area contributed by atoms with E-state index in [9.17, 15) is 4.79 Å². The average Bonchev–Trinajstić information content (AvgIpc) is 2.44. The van der Waals surface area contributed by atoms with Crippen LogP contribution in [0.3, 0.4) is 0 Å². The van der Waals surface area contributed by atoms with E-state index >= 15 is 0 Å². The van der Waals surface area contributed by atoms with Crippen LogP contribution in [-0.2, 0) is 9.53 Å². The molecular formula is C8H7BrO2. The number of fused-ring (bicyclic) bond motifs is 2. The Morgan fingerprint density at radius 2 is 2.09 bits per heavy atom. The summed E-state index contributed by atoms with van der Waals surface area (Å²) in [6.45, 7) is 1.90. The summed E-state index contributed by atoms with van der Waals surface area (Å²) in [6.07, 6.45) is 3.42.